The maximum atomic E-state index is 12.3. The number of rotatable bonds is 10. The molecule has 0 fully saturated rings. The molecule has 0 saturated heterocycles. The van der Waals surface area contributed by atoms with Crippen LogP contribution in [0.4, 0.5) is 34.1 Å². The molecular weight excluding hydrogens is 1520 g/mol. The fourth-order valence-electron chi connectivity index (χ4n) is 18.8. The molecule has 126 heavy (non-hydrogen) atoms. The molecule has 16 aromatic carbocycles. The van der Waals surface area contributed by atoms with E-state index in [-0.39, 0.29) is 60.7 Å². The highest BCUT2D eigenvalue weighted by atomic mass is 15.2. The summed E-state index contributed by atoms with van der Waals surface area (Å²) in [7, 11) is 0. The van der Waals surface area contributed by atoms with Crippen LogP contribution >= 0.6 is 0 Å². The number of hydrogen-bond acceptors (Lipinski definition) is 2. The third-order valence-electron chi connectivity index (χ3n) is 25.6. The zero-order valence-electron chi connectivity index (χ0n) is 96.4. The Hall–Kier alpha value is -13.4. The number of anilines is 6. The summed E-state index contributed by atoms with van der Waals surface area (Å²) in [6.07, 6.45) is 0. The van der Waals surface area contributed by atoms with Gasteiger partial charge in [-0.15, -0.1) is 0 Å². The van der Waals surface area contributed by atoms with Gasteiger partial charge < -0.3 is 23.5 Å². The summed E-state index contributed by atoms with van der Waals surface area (Å²) in [6.45, 7) is 36.7. The number of fused-ring (bicyclic) bond motifs is 13. The zero-order valence-corrected chi connectivity index (χ0v) is 74.4. The van der Waals surface area contributed by atoms with Crippen LogP contribution in [0.1, 0.15) is 188 Å². The van der Waals surface area contributed by atoms with E-state index in [1.54, 1.807) is 0 Å². The first-order chi connectivity index (χ1) is 69.5. The largest absolute Gasteiger partial charge is 0.310 e. The Morgan fingerprint density at radius 2 is 0.563 bits per heavy atom. The fourth-order valence-corrected chi connectivity index (χ4v) is 18.8. The van der Waals surface area contributed by atoms with E-state index >= 15 is 0 Å². The highest BCUT2D eigenvalue weighted by molar-refractivity contribution is 7.00. The van der Waals surface area contributed by atoms with E-state index in [9.17, 15) is 30.2 Å². The molecule has 0 amide bonds. The monoisotopic (exact) mass is 1650 g/mol. The van der Waals surface area contributed by atoms with Crippen LogP contribution in [0.15, 0.2) is 339 Å². The van der Waals surface area contributed by atoms with Crippen molar-refractivity contribution >= 4 is 123 Å². The number of aromatic nitrogens is 3. The molecule has 618 valence electrons. The summed E-state index contributed by atoms with van der Waals surface area (Å²) in [5.41, 5.74) is 8.88. The smallest absolute Gasteiger partial charge is 0.252 e. The first-order valence-electron chi connectivity index (χ1n) is 54.4. The lowest BCUT2D eigenvalue weighted by Gasteiger charge is -2.46. The van der Waals surface area contributed by atoms with E-state index < -0.39 is 206 Å². The Bertz CT molecular complexity index is 8330. The van der Waals surface area contributed by atoms with Gasteiger partial charge in [0.1, 0.15) is 0 Å². The molecule has 0 unspecified atom stereocenters. The lowest BCUT2D eigenvalue weighted by atomic mass is 9.33. The van der Waals surface area contributed by atoms with E-state index in [0.717, 1.165) is 70.0 Å². The molecule has 3 aromatic heterocycles. The van der Waals surface area contributed by atoms with E-state index in [2.05, 4.69) is 238 Å². The second-order valence-corrected chi connectivity index (χ2v) is 40.2. The van der Waals surface area contributed by atoms with Crippen LogP contribution in [0.3, 0.4) is 0 Å². The minimum atomic E-state index is -1.75. The van der Waals surface area contributed by atoms with Gasteiger partial charge in [0.15, 0.2) is 0 Å². The molecule has 0 saturated carbocycles. The zero-order chi connectivity index (χ0) is 106. The minimum absolute atomic E-state index is 0.177. The van der Waals surface area contributed by atoms with Crippen molar-refractivity contribution in [1.82, 2.24) is 13.7 Å². The van der Waals surface area contributed by atoms with Gasteiger partial charge in [-0.3, -0.25) is 0 Å². The second kappa shape index (κ2) is 29.1. The summed E-state index contributed by atoms with van der Waals surface area (Å²) in [5, 5.41) is 0.262. The van der Waals surface area contributed by atoms with Gasteiger partial charge in [-0.2, -0.15) is 0 Å². The van der Waals surface area contributed by atoms with Gasteiger partial charge in [-0.25, -0.2) is 0 Å². The van der Waals surface area contributed by atoms with Crippen molar-refractivity contribution in [3.8, 4) is 72.7 Å². The molecule has 0 N–H and O–H groups in total. The van der Waals surface area contributed by atoms with Gasteiger partial charge in [0.05, 0.1) is 74.6 Å². The second-order valence-electron chi connectivity index (χ2n) is 40.2. The van der Waals surface area contributed by atoms with Gasteiger partial charge in [-0.1, -0.05) is 349 Å². The predicted octanol–water partition coefficient (Wildman–Crippen LogP) is 31.2. The average Bonchev–Trinajstić information content (AvgIpc) is 1.08. The van der Waals surface area contributed by atoms with Crippen LogP contribution in [0.25, 0.3) is 138 Å². The molecule has 21 rings (SSSR count). The Morgan fingerprint density at radius 3 is 0.929 bits per heavy atom. The summed E-state index contributed by atoms with van der Waals surface area (Å²) < 4.78 is 232. The van der Waals surface area contributed by atoms with Crippen molar-refractivity contribution in [3.63, 3.8) is 0 Å². The van der Waals surface area contributed by atoms with Crippen LogP contribution in [-0.4, -0.2) is 20.4 Å². The van der Waals surface area contributed by atoms with E-state index in [0.29, 0.717) is 67.0 Å². The minimum Gasteiger partial charge on any atom is -0.310 e. The molecule has 5 nitrogen and oxygen atoms in total. The normalized spacial score (nSPS) is 15.7. The van der Waals surface area contributed by atoms with Gasteiger partial charge >= 0.3 is 0 Å². The van der Waals surface area contributed by atoms with Gasteiger partial charge in [0.2, 0.25) is 0 Å². The van der Waals surface area contributed by atoms with Crippen molar-refractivity contribution in [3.05, 3.63) is 373 Å². The number of para-hydroxylation sites is 6. The first-order valence-corrected chi connectivity index (χ1v) is 43.4. The number of nitrogens with zero attached hydrogens (tertiary/aromatic N) is 5. The maximum Gasteiger partial charge on any atom is 0.252 e. The highest BCUT2D eigenvalue weighted by Gasteiger charge is 2.47. The lowest BCUT2D eigenvalue weighted by molar-refractivity contribution is 0.589. The maximum absolute atomic E-state index is 12.3. The SMILES string of the molecule is [2H]c1c([2H])c(-n2c3c([2H])c([2H])c([2H])c([2H])c3c3c([2H])c([2H])c([2H])c([2H])c32)c([2H])c2c1B1c3c(cc(-c4ccc5c(c4)c4ccccc4n5-c4ccccc4)cc3N(c3c(-c4cccc(C(C)(C)C)c4)cc(C(C)(C)C)cc3-c3cccc(C(C)(C)C)c3)c3c([2H])c(-n4c5c([2H])c([2H])c([2H])c([2H])c5c5c([2H])c([2H])c([2H])c([2H])c54)c([2H])c([2H])c31)N2c1c(-c2cccc(C(C)(C)C)c2)cc(C(C)(C)C)cc1-c1cccc(C(C)(C)C)c1. The molecule has 2 aliphatic heterocycles. The topological polar surface area (TPSA) is 21.3 Å². The van der Waals surface area contributed by atoms with Crippen LogP contribution in [0, 0.1) is 0 Å². The molecule has 19 aromatic rings. The molecular formula is C120H110BN5. The molecule has 0 aliphatic carbocycles. The summed E-state index contributed by atoms with van der Waals surface area (Å²) in [5.74, 6) is 0. The van der Waals surface area contributed by atoms with Crippen LogP contribution in [-0.2, 0) is 32.5 Å². The molecule has 0 atom stereocenters. The number of benzene rings is 16. The van der Waals surface area contributed by atoms with Crippen molar-refractivity contribution in [2.24, 2.45) is 0 Å². The van der Waals surface area contributed by atoms with Crippen molar-refractivity contribution in [1.29, 1.82) is 0 Å². The quantitative estimate of drug-likeness (QED) is 0.127. The van der Waals surface area contributed by atoms with Crippen LogP contribution in [0.5, 0.6) is 0 Å². The Balaban J connectivity index is 1.08. The van der Waals surface area contributed by atoms with E-state index in [1.807, 2.05) is 107 Å². The van der Waals surface area contributed by atoms with Crippen molar-refractivity contribution in [2.45, 2.75) is 157 Å². The van der Waals surface area contributed by atoms with Crippen LogP contribution in [0.2, 0.25) is 0 Å². The van der Waals surface area contributed by atoms with Gasteiger partial charge in [-0.05, 0) is 231 Å². The predicted molar refractivity (Wildman–Crippen MR) is 543 cm³/mol. The first kappa shape index (κ1) is 58.7. The third kappa shape index (κ3) is 13.3. The fraction of sp³-hybridized carbons (Fsp3) is 0.200. The number of hydrogen-bond donors (Lipinski definition) is 0. The third-order valence-corrected chi connectivity index (χ3v) is 25.6. The molecule has 2 aliphatic rings. The lowest BCUT2D eigenvalue weighted by Crippen LogP contribution is -2.61. The molecule has 5 heterocycles. The molecule has 0 radical (unpaired) electrons. The van der Waals surface area contributed by atoms with Crippen LogP contribution < -0.4 is 26.2 Å². The van der Waals surface area contributed by atoms with Gasteiger partial charge in [0, 0.05) is 94.4 Å². The Morgan fingerprint density at radius 1 is 0.230 bits per heavy atom. The summed E-state index contributed by atoms with van der Waals surface area (Å²) >= 11 is 0. The Labute approximate surface area is 774 Å². The Kier molecular flexibility index (Phi) is 13.5. The summed E-state index contributed by atoms with van der Waals surface area (Å²) in [6, 6.07) is 54.3. The van der Waals surface area contributed by atoms with E-state index in [1.165, 1.54) is 0 Å². The van der Waals surface area contributed by atoms with Gasteiger partial charge in [0.25, 0.3) is 6.71 Å². The molecule has 0 spiro atoms. The summed E-state index contributed by atoms with van der Waals surface area (Å²) in [4.78, 5) is 3.93. The molecule has 6 heteroatoms. The molecule has 0 bridgehead atoms. The van der Waals surface area contributed by atoms with E-state index in [4.69, 9.17) is 0 Å². The standard InChI is InChI=1S/C120H110BN5/c1-115(2,3)81-40-32-36-76(62-81)95-69-85(119(13,14)15)70-96(77-37-33-41-82(63-77)116(4,5)6)113(95)125-108-73-88(123-102-51-27-22-46-90(102)91-47-23-28-52-103(91)123)57-59-100(108)121-101-60-58-89(124-104-53-29-24-48-92(104)93-49-25-30-54-105(93)124)74-109(101)126(111-68-80(67-110(125)112(111)121)75-56-61-107-99(66-75)94-50-26-31-55-106(94)122(107)87-44-20-19-21-45-87)114-97(78-38-34-42-83(64-78)117(7,8)9)71-86(120(16,17)18)72-98(114)79-39-35-43-84(65-79)118(10,11)12/h19-74H,1-18H3/i22D,23D,24D,25D,27D,28D,29D,30D,46D,47D,48D,49D,51D,52D,53D,54D,57D,58D,59D,60D,73D,74D. The average molecular weight is 1660 g/mol. The van der Waals surface area contributed by atoms with Crippen molar-refractivity contribution in [2.75, 3.05) is 9.80 Å². The van der Waals surface area contributed by atoms with Crippen molar-refractivity contribution < 1.29 is 30.2 Å². The highest BCUT2D eigenvalue weighted by Crippen LogP contribution is 2.57.